The molecule has 1 saturated heterocycles. The second-order valence-electron chi connectivity index (χ2n) is 4.62. The van der Waals surface area contributed by atoms with Gasteiger partial charge in [0.25, 0.3) is 0 Å². The van der Waals surface area contributed by atoms with Crippen molar-refractivity contribution < 1.29 is 20.1 Å². The summed E-state index contributed by atoms with van der Waals surface area (Å²) < 4.78 is 0. The van der Waals surface area contributed by atoms with E-state index in [0.717, 1.165) is 5.56 Å². The SMILES string of the molecule is O=C(O)[C@@H]1C[C@@H](O)CN1CC(O)c1ccccc1. The molecule has 0 bridgehead atoms. The number of benzene rings is 1. The van der Waals surface area contributed by atoms with Crippen LogP contribution in [0.1, 0.15) is 18.1 Å². The Hall–Kier alpha value is -1.43. The highest BCUT2D eigenvalue weighted by atomic mass is 16.4. The zero-order valence-corrected chi connectivity index (χ0v) is 9.94. The number of β-amino-alcohol motifs (C(OH)–C–C–N with tert-alkyl or cyclic N) is 2. The molecule has 0 amide bonds. The Labute approximate surface area is 105 Å². The predicted molar refractivity (Wildman–Crippen MR) is 65.0 cm³/mol. The summed E-state index contributed by atoms with van der Waals surface area (Å²) in [7, 11) is 0. The van der Waals surface area contributed by atoms with Gasteiger partial charge in [-0.25, -0.2) is 0 Å². The molecule has 0 spiro atoms. The van der Waals surface area contributed by atoms with Crippen molar-refractivity contribution >= 4 is 5.97 Å². The molecule has 1 aromatic carbocycles. The molecule has 1 aliphatic rings. The predicted octanol–water partition coefficient (Wildman–Crippen LogP) is 0.240. The summed E-state index contributed by atoms with van der Waals surface area (Å²) in [6.07, 6.45) is -1.15. The number of nitrogens with zero attached hydrogens (tertiary/aromatic N) is 1. The fourth-order valence-corrected chi connectivity index (χ4v) is 2.34. The molecule has 0 saturated carbocycles. The van der Waals surface area contributed by atoms with Crippen molar-refractivity contribution in [3.8, 4) is 0 Å². The van der Waals surface area contributed by atoms with E-state index in [1.54, 1.807) is 17.0 Å². The number of hydrogen-bond donors (Lipinski definition) is 3. The van der Waals surface area contributed by atoms with Crippen LogP contribution in [-0.2, 0) is 4.79 Å². The zero-order valence-electron chi connectivity index (χ0n) is 9.94. The lowest BCUT2D eigenvalue weighted by Gasteiger charge is -2.23. The smallest absolute Gasteiger partial charge is 0.321 e. The number of hydrogen-bond acceptors (Lipinski definition) is 4. The molecule has 0 aromatic heterocycles. The molecule has 5 nitrogen and oxygen atoms in total. The maximum absolute atomic E-state index is 11.0. The number of aliphatic hydroxyl groups excluding tert-OH is 2. The van der Waals surface area contributed by atoms with E-state index in [0.29, 0.717) is 6.54 Å². The van der Waals surface area contributed by atoms with Gasteiger partial charge in [-0.2, -0.15) is 0 Å². The first-order chi connectivity index (χ1) is 8.58. The van der Waals surface area contributed by atoms with E-state index in [1.807, 2.05) is 18.2 Å². The monoisotopic (exact) mass is 251 g/mol. The van der Waals surface area contributed by atoms with Gasteiger partial charge in [-0.3, -0.25) is 9.69 Å². The fraction of sp³-hybridized carbons (Fsp3) is 0.462. The molecule has 0 aliphatic carbocycles. The number of rotatable bonds is 4. The molecule has 1 fully saturated rings. The van der Waals surface area contributed by atoms with Crippen LogP contribution in [0.5, 0.6) is 0 Å². The van der Waals surface area contributed by atoms with Gasteiger partial charge in [0.1, 0.15) is 6.04 Å². The van der Waals surface area contributed by atoms with Gasteiger partial charge < -0.3 is 15.3 Å². The van der Waals surface area contributed by atoms with Crippen LogP contribution in [0, 0.1) is 0 Å². The quantitative estimate of drug-likeness (QED) is 0.714. The largest absolute Gasteiger partial charge is 0.480 e. The standard InChI is InChI=1S/C13H17NO4/c15-10-6-11(13(17)18)14(7-10)8-12(16)9-4-2-1-3-5-9/h1-5,10-12,15-16H,6-8H2,(H,17,18)/t10-,11+,12?/m1/s1. The van der Waals surface area contributed by atoms with Gasteiger partial charge in [0.15, 0.2) is 0 Å². The summed E-state index contributed by atoms with van der Waals surface area (Å²) in [6.45, 7) is 0.513. The molecule has 5 heteroatoms. The highest BCUT2D eigenvalue weighted by molar-refractivity contribution is 5.74. The van der Waals surface area contributed by atoms with Crippen molar-refractivity contribution in [3.63, 3.8) is 0 Å². The molecule has 1 heterocycles. The van der Waals surface area contributed by atoms with E-state index in [4.69, 9.17) is 5.11 Å². The van der Waals surface area contributed by atoms with E-state index in [2.05, 4.69) is 0 Å². The number of aliphatic hydroxyl groups is 2. The highest BCUT2D eigenvalue weighted by Gasteiger charge is 2.36. The third-order valence-corrected chi connectivity index (χ3v) is 3.26. The molecule has 3 N–H and O–H groups in total. The Bertz CT molecular complexity index is 409. The van der Waals surface area contributed by atoms with E-state index < -0.39 is 24.2 Å². The summed E-state index contributed by atoms with van der Waals surface area (Å²) in [5, 5.41) is 28.6. The Balaban J connectivity index is 2.02. The van der Waals surface area contributed by atoms with Crippen LogP contribution >= 0.6 is 0 Å². The minimum atomic E-state index is -0.952. The lowest BCUT2D eigenvalue weighted by atomic mass is 10.1. The van der Waals surface area contributed by atoms with Crippen LogP contribution in [0.4, 0.5) is 0 Å². The van der Waals surface area contributed by atoms with Crippen LogP contribution in [-0.4, -0.2) is 51.4 Å². The number of carboxylic acids is 1. The van der Waals surface area contributed by atoms with Crippen molar-refractivity contribution in [1.82, 2.24) is 4.90 Å². The van der Waals surface area contributed by atoms with Crippen molar-refractivity contribution in [2.24, 2.45) is 0 Å². The van der Waals surface area contributed by atoms with Crippen LogP contribution in [0.2, 0.25) is 0 Å². The van der Waals surface area contributed by atoms with Crippen molar-refractivity contribution in [2.45, 2.75) is 24.7 Å². The third kappa shape index (κ3) is 2.87. The normalized spacial score (nSPS) is 26.1. The average molecular weight is 251 g/mol. The van der Waals surface area contributed by atoms with Crippen LogP contribution in [0.15, 0.2) is 30.3 Å². The first-order valence-electron chi connectivity index (χ1n) is 5.96. The first kappa shape index (κ1) is 13.0. The first-order valence-corrected chi connectivity index (χ1v) is 5.96. The average Bonchev–Trinajstić information content (AvgIpc) is 2.71. The van der Waals surface area contributed by atoms with Gasteiger partial charge in [0, 0.05) is 19.5 Å². The van der Waals surface area contributed by atoms with Gasteiger partial charge in [-0.05, 0) is 5.56 Å². The van der Waals surface area contributed by atoms with E-state index in [9.17, 15) is 15.0 Å². The Morgan fingerprint density at radius 3 is 2.67 bits per heavy atom. The van der Waals surface area contributed by atoms with E-state index in [-0.39, 0.29) is 13.0 Å². The molecule has 1 aliphatic heterocycles. The second-order valence-corrected chi connectivity index (χ2v) is 4.62. The van der Waals surface area contributed by atoms with E-state index in [1.165, 1.54) is 0 Å². The van der Waals surface area contributed by atoms with Gasteiger partial charge in [-0.1, -0.05) is 30.3 Å². The van der Waals surface area contributed by atoms with Gasteiger partial charge >= 0.3 is 5.97 Å². The minimum Gasteiger partial charge on any atom is -0.480 e. The second kappa shape index (κ2) is 5.48. The molecule has 2 rings (SSSR count). The van der Waals surface area contributed by atoms with Crippen molar-refractivity contribution in [2.75, 3.05) is 13.1 Å². The number of carboxylic acid groups (broad SMARTS) is 1. The van der Waals surface area contributed by atoms with Gasteiger partial charge in [-0.15, -0.1) is 0 Å². The zero-order chi connectivity index (χ0) is 13.1. The summed E-state index contributed by atoms with van der Waals surface area (Å²) in [6, 6.07) is 8.40. The van der Waals surface area contributed by atoms with Crippen molar-refractivity contribution in [1.29, 1.82) is 0 Å². The lowest BCUT2D eigenvalue weighted by Crippen LogP contribution is -2.38. The summed E-state index contributed by atoms with van der Waals surface area (Å²) in [5.41, 5.74) is 0.753. The van der Waals surface area contributed by atoms with Crippen LogP contribution in [0.3, 0.4) is 0 Å². The Morgan fingerprint density at radius 1 is 1.39 bits per heavy atom. The van der Waals surface area contributed by atoms with Gasteiger partial charge in [0.2, 0.25) is 0 Å². The fourth-order valence-electron chi connectivity index (χ4n) is 2.34. The molecule has 1 unspecified atom stereocenters. The van der Waals surface area contributed by atoms with Crippen LogP contribution < -0.4 is 0 Å². The van der Waals surface area contributed by atoms with E-state index >= 15 is 0 Å². The molecule has 1 aromatic rings. The number of aliphatic carboxylic acids is 1. The summed E-state index contributed by atoms with van der Waals surface area (Å²) in [5.74, 6) is -0.952. The molecule has 3 atom stereocenters. The van der Waals surface area contributed by atoms with Crippen molar-refractivity contribution in [3.05, 3.63) is 35.9 Å². The summed E-state index contributed by atoms with van der Waals surface area (Å²) in [4.78, 5) is 12.7. The third-order valence-electron chi connectivity index (χ3n) is 3.26. The number of carbonyl (C=O) groups is 1. The topological polar surface area (TPSA) is 81.0 Å². The maximum atomic E-state index is 11.0. The summed E-state index contributed by atoms with van der Waals surface area (Å²) >= 11 is 0. The maximum Gasteiger partial charge on any atom is 0.321 e. The molecule has 98 valence electrons. The highest BCUT2D eigenvalue weighted by Crippen LogP contribution is 2.22. The minimum absolute atomic E-state index is 0.219. The molecular formula is C13H17NO4. The van der Waals surface area contributed by atoms with Crippen LogP contribution in [0.25, 0.3) is 0 Å². The van der Waals surface area contributed by atoms with Gasteiger partial charge in [0.05, 0.1) is 12.2 Å². The number of likely N-dealkylation sites (tertiary alicyclic amines) is 1. The molecule has 0 radical (unpaired) electrons. The molecule has 18 heavy (non-hydrogen) atoms. The Kier molecular flexibility index (Phi) is 3.96. The Morgan fingerprint density at radius 2 is 2.06 bits per heavy atom. The molecular weight excluding hydrogens is 234 g/mol. The lowest BCUT2D eigenvalue weighted by molar-refractivity contribution is -0.142.